The first-order chi connectivity index (χ1) is 8.15. The highest BCUT2D eigenvalue weighted by Crippen LogP contribution is 2.11. The molecule has 0 saturated carbocycles. The molecule has 0 aromatic heterocycles. The third kappa shape index (κ3) is 4.18. The molecule has 0 atom stereocenters. The van der Waals surface area contributed by atoms with E-state index in [1.165, 1.54) is 6.08 Å². The number of unbranched alkanes of at least 4 members (excludes halogenated alkanes) is 1. The molecular formula is C13H15NO3. The van der Waals surface area contributed by atoms with Gasteiger partial charge in [-0.3, -0.25) is 14.9 Å². The van der Waals surface area contributed by atoms with E-state index < -0.39 is 10.7 Å². The van der Waals surface area contributed by atoms with E-state index in [1.807, 2.05) is 13.0 Å². The molecule has 0 N–H and O–H groups in total. The summed E-state index contributed by atoms with van der Waals surface area (Å²) < 4.78 is 0. The lowest BCUT2D eigenvalue weighted by atomic mass is 10.1. The van der Waals surface area contributed by atoms with Gasteiger partial charge in [-0.05, 0) is 12.0 Å². The van der Waals surface area contributed by atoms with Gasteiger partial charge in [0.1, 0.15) is 0 Å². The fourth-order valence-electron chi connectivity index (χ4n) is 1.41. The van der Waals surface area contributed by atoms with E-state index in [-0.39, 0.29) is 12.1 Å². The summed E-state index contributed by atoms with van der Waals surface area (Å²) in [5.74, 6) is -0.402. The van der Waals surface area contributed by atoms with Gasteiger partial charge in [-0.2, -0.15) is 0 Å². The van der Waals surface area contributed by atoms with Crippen molar-refractivity contribution < 1.29 is 9.72 Å². The van der Waals surface area contributed by atoms with Crippen LogP contribution in [0.4, 0.5) is 0 Å². The Bertz CT molecular complexity index is 424. The third-order valence-corrected chi connectivity index (χ3v) is 2.34. The Kier molecular flexibility index (Phi) is 5.07. The summed E-state index contributed by atoms with van der Waals surface area (Å²) in [4.78, 5) is 21.9. The maximum absolute atomic E-state index is 11.6. The SMILES string of the molecule is CCCCC(=O)C(=Cc1ccccc1)[N+](=O)[O-]. The van der Waals surface area contributed by atoms with Crippen LogP contribution in [0.1, 0.15) is 31.7 Å². The van der Waals surface area contributed by atoms with Crippen LogP contribution in [0.5, 0.6) is 0 Å². The van der Waals surface area contributed by atoms with Crippen LogP contribution in [-0.2, 0) is 4.79 Å². The van der Waals surface area contributed by atoms with Gasteiger partial charge in [-0.1, -0.05) is 43.7 Å². The summed E-state index contributed by atoms with van der Waals surface area (Å²) in [7, 11) is 0. The Labute approximate surface area is 100 Å². The number of ketones is 1. The fourth-order valence-corrected chi connectivity index (χ4v) is 1.41. The van der Waals surface area contributed by atoms with Crippen LogP contribution in [0.3, 0.4) is 0 Å². The standard InChI is InChI=1S/C13H15NO3/c1-2-3-9-13(15)12(14(16)17)10-11-7-5-4-6-8-11/h4-8,10H,2-3,9H2,1H3. The Morgan fingerprint density at radius 1 is 1.35 bits per heavy atom. The van der Waals surface area contributed by atoms with Gasteiger partial charge in [0.25, 0.3) is 0 Å². The van der Waals surface area contributed by atoms with Gasteiger partial charge in [0.15, 0.2) is 0 Å². The first-order valence-electron chi connectivity index (χ1n) is 5.59. The van der Waals surface area contributed by atoms with Crippen LogP contribution in [0.25, 0.3) is 6.08 Å². The van der Waals surface area contributed by atoms with Crippen molar-refractivity contribution in [3.05, 3.63) is 51.7 Å². The minimum atomic E-state index is -0.606. The molecule has 0 unspecified atom stereocenters. The maximum atomic E-state index is 11.6. The van der Waals surface area contributed by atoms with Crippen molar-refractivity contribution in [1.82, 2.24) is 0 Å². The lowest BCUT2D eigenvalue weighted by Crippen LogP contribution is -2.10. The molecule has 0 saturated heterocycles. The molecule has 0 bridgehead atoms. The zero-order chi connectivity index (χ0) is 12.7. The molecule has 0 aliphatic heterocycles. The van der Waals surface area contributed by atoms with Gasteiger partial charge < -0.3 is 0 Å². The largest absolute Gasteiger partial charge is 0.312 e. The van der Waals surface area contributed by atoms with Crippen molar-refractivity contribution in [2.45, 2.75) is 26.2 Å². The van der Waals surface area contributed by atoms with Gasteiger partial charge in [-0.25, -0.2) is 0 Å². The molecule has 1 rings (SSSR count). The summed E-state index contributed by atoms with van der Waals surface area (Å²) in [5, 5.41) is 10.8. The number of nitrogens with zero attached hydrogens (tertiary/aromatic N) is 1. The second-order valence-electron chi connectivity index (χ2n) is 3.72. The predicted molar refractivity (Wildman–Crippen MR) is 65.9 cm³/mol. The molecule has 0 heterocycles. The van der Waals surface area contributed by atoms with Crippen LogP contribution < -0.4 is 0 Å². The topological polar surface area (TPSA) is 60.2 Å². The molecule has 0 spiro atoms. The summed E-state index contributed by atoms with van der Waals surface area (Å²) in [5.41, 5.74) is 0.341. The van der Waals surface area contributed by atoms with Crippen LogP contribution in [-0.4, -0.2) is 10.7 Å². The Morgan fingerprint density at radius 2 is 2.00 bits per heavy atom. The Morgan fingerprint density at radius 3 is 2.53 bits per heavy atom. The average molecular weight is 233 g/mol. The Balaban J connectivity index is 2.90. The predicted octanol–water partition coefficient (Wildman–Crippen LogP) is 3.06. The molecule has 0 fully saturated rings. The molecular weight excluding hydrogens is 218 g/mol. The highest BCUT2D eigenvalue weighted by atomic mass is 16.6. The van der Waals surface area contributed by atoms with E-state index in [9.17, 15) is 14.9 Å². The lowest BCUT2D eigenvalue weighted by molar-refractivity contribution is -0.417. The summed E-state index contributed by atoms with van der Waals surface area (Å²) >= 11 is 0. The number of hydrogen-bond acceptors (Lipinski definition) is 3. The molecule has 0 amide bonds. The van der Waals surface area contributed by atoms with Crippen LogP contribution in [0.15, 0.2) is 36.0 Å². The smallest absolute Gasteiger partial charge is 0.287 e. The van der Waals surface area contributed by atoms with Crippen molar-refractivity contribution in [2.24, 2.45) is 0 Å². The molecule has 1 aromatic carbocycles. The summed E-state index contributed by atoms with van der Waals surface area (Å²) in [6.07, 6.45) is 3.09. The van der Waals surface area contributed by atoms with Crippen molar-refractivity contribution in [3.8, 4) is 0 Å². The first-order valence-corrected chi connectivity index (χ1v) is 5.59. The van der Waals surface area contributed by atoms with E-state index in [1.54, 1.807) is 24.3 Å². The van der Waals surface area contributed by atoms with E-state index in [0.29, 0.717) is 12.0 Å². The third-order valence-electron chi connectivity index (χ3n) is 2.34. The highest BCUT2D eigenvalue weighted by molar-refractivity contribution is 5.97. The van der Waals surface area contributed by atoms with Crippen LogP contribution in [0.2, 0.25) is 0 Å². The molecule has 4 nitrogen and oxygen atoms in total. The number of rotatable bonds is 6. The number of carbonyl (C=O) groups is 1. The average Bonchev–Trinajstić information content (AvgIpc) is 2.34. The number of benzene rings is 1. The van der Waals surface area contributed by atoms with Crippen molar-refractivity contribution >= 4 is 11.9 Å². The monoisotopic (exact) mass is 233 g/mol. The first kappa shape index (κ1) is 13.1. The number of Topliss-reactive ketones (excluding diaryl/α,β-unsaturated/α-hetero) is 1. The number of carbonyl (C=O) groups excluding carboxylic acids is 1. The van der Waals surface area contributed by atoms with Crippen LogP contribution >= 0.6 is 0 Å². The van der Waals surface area contributed by atoms with Crippen molar-refractivity contribution in [2.75, 3.05) is 0 Å². The molecule has 17 heavy (non-hydrogen) atoms. The van der Waals surface area contributed by atoms with E-state index >= 15 is 0 Å². The van der Waals surface area contributed by atoms with Crippen molar-refractivity contribution in [1.29, 1.82) is 0 Å². The minimum Gasteiger partial charge on any atom is -0.287 e. The second kappa shape index (κ2) is 6.58. The minimum absolute atomic E-state index is 0.232. The van der Waals surface area contributed by atoms with Gasteiger partial charge in [0.05, 0.1) is 4.92 Å². The molecule has 1 aromatic rings. The maximum Gasteiger partial charge on any atom is 0.312 e. The number of hydrogen-bond donors (Lipinski definition) is 0. The van der Waals surface area contributed by atoms with E-state index in [2.05, 4.69) is 0 Å². The second-order valence-corrected chi connectivity index (χ2v) is 3.72. The normalized spacial score (nSPS) is 11.2. The molecule has 0 aliphatic carbocycles. The number of allylic oxidation sites excluding steroid dienone is 1. The van der Waals surface area contributed by atoms with E-state index in [0.717, 1.165) is 6.42 Å². The summed E-state index contributed by atoms with van der Waals surface area (Å²) in [6, 6.07) is 8.84. The fraction of sp³-hybridized carbons (Fsp3) is 0.308. The van der Waals surface area contributed by atoms with Gasteiger partial charge in [0, 0.05) is 12.5 Å². The zero-order valence-corrected chi connectivity index (χ0v) is 9.76. The van der Waals surface area contributed by atoms with Crippen molar-refractivity contribution in [3.63, 3.8) is 0 Å². The zero-order valence-electron chi connectivity index (χ0n) is 9.76. The number of nitro groups is 1. The molecule has 90 valence electrons. The van der Waals surface area contributed by atoms with Gasteiger partial charge >= 0.3 is 5.70 Å². The lowest BCUT2D eigenvalue weighted by Gasteiger charge is -1.98. The van der Waals surface area contributed by atoms with Crippen LogP contribution in [0, 0.1) is 10.1 Å². The highest BCUT2D eigenvalue weighted by Gasteiger charge is 2.20. The van der Waals surface area contributed by atoms with Gasteiger partial charge in [-0.15, -0.1) is 0 Å². The Hall–Kier alpha value is -1.97. The molecule has 4 heteroatoms. The molecule has 0 aliphatic rings. The quantitative estimate of drug-likeness (QED) is 0.431. The summed E-state index contributed by atoms with van der Waals surface area (Å²) in [6.45, 7) is 1.94. The van der Waals surface area contributed by atoms with E-state index in [4.69, 9.17) is 0 Å². The van der Waals surface area contributed by atoms with Gasteiger partial charge in [0.2, 0.25) is 5.78 Å². The molecule has 0 radical (unpaired) electrons.